The number of carboxylic acid groups (broad SMARTS) is 1. The van der Waals surface area contributed by atoms with Gasteiger partial charge in [0.25, 0.3) is 0 Å². The van der Waals surface area contributed by atoms with Crippen molar-refractivity contribution in [2.45, 2.75) is 46.5 Å². The van der Waals surface area contributed by atoms with E-state index in [9.17, 15) is 14.7 Å². The van der Waals surface area contributed by atoms with Crippen LogP contribution in [-0.2, 0) is 14.3 Å². The van der Waals surface area contributed by atoms with Gasteiger partial charge in [0.05, 0.1) is 12.0 Å². The molecular weight excluding hydrogens is 316 g/mol. The van der Waals surface area contributed by atoms with Gasteiger partial charge in [0.1, 0.15) is 11.7 Å². The van der Waals surface area contributed by atoms with E-state index in [1.54, 1.807) is 7.11 Å². The van der Waals surface area contributed by atoms with Crippen LogP contribution in [0.2, 0.25) is 0 Å². The first-order valence-corrected chi connectivity index (χ1v) is 9.73. The van der Waals surface area contributed by atoms with Crippen molar-refractivity contribution in [1.29, 1.82) is 0 Å². The third kappa shape index (κ3) is 1.60. The molecule has 1 N–H and O–H groups in total. The van der Waals surface area contributed by atoms with E-state index in [0.717, 1.165) is 31.1 Å². The molecule has 0 radical (unpaired) electrons. The molecule has 4 nitrogen and oxygen atoms in total. The maximum atomic E-state index is 13.0. The third-order valence-corrected chi connectivity index (χ3v) is 8.52. The van der Waals surface area contributed by atoms with Crippen LogP contribution < -0.4 is 0 Å². The van der Waals surface area contributed by atoms with Gasteiger partial charge < -0.3 is 14.6 Å². The molecule has 7 atom stereocenters. The zero-order chi connectivity index (χ0) is 18.2. The fourth-order valence-electron chi connectivity index (χ4n) is 7.89. The summed E-state index contributed by atoms with van der Waals surface area (Å²) >= 11 is 0. The second-order valence-electron chi connectivity index (χ2n) is 9.42. The minimum atomic E-state index is -1.08. The monoisotopic (exact) mass is 346 g/mol. The van der Waals surface area contributed by atoms with Crippen molar-refractivity contribution in [2.75, 3.05) is 13.7 Å². The highest BCUT2D eigenvalue weighted by Crippen LogP contribution is 2.82. The fraction of sp³-hybridized carbons (Fsp3) is 0.810. The summed E-state index contributed by atoms with van der Waals surface area (Å²) in [7, 11) is 1.67. The quantitative estimate of drug-likeness (QED) is 0.611. The molecule has 3 fully saturated rings. The summed E-state index contributed by atoms with van der Waals surface area (Å²) in [6.45, 7) is 6.85. The molecule has 4 rings (SSSR count). The van der Waals surface area contributed by atoms with Crippen molar-refractivity contribution in [3.63, 3.8) is 0 Å². The van der Waals surface area contributed by atoms with Crippen molar-refractivity contribution >= 4 is 12.3 Å². The number of aldehydes is 1. The van der Waals surface area contributed by atoms with Crippen molar-refractivity contribution in [1.82, 2.24) is 0 Å². The van der Waals surface area contributed by atoms with Crippen molar-refractivity contribution in [2.24, 2.45) is 45.8 Å². The van der Waals surface area contributed by atoms with E-state index in [1.807, 2.05) is 0 Å². The van der Waals surface area contributed by atoms with Crippen LogP contribution in [0.3, 0.4) is 0 Å². The molecule has 0 aliphatic heterocycles. The topological polar surface area (TPSA) is 63.6 Å². The summed E-state index contributed by atoms with van der Waals surface area (Å²) in [5, 5.41) is 10.6. The fourth-order valence-corrected chi connectivity index (χ4v) is 7.89. The molecule has 0 spiro atoms. The molecule has 3 saturated carbocycles. The van der Waals surface area contributed by atoms with Gasteiger partial charge in [-0.15, -0.1) is 0 Å². The number of carboxylic acids is 1. The third-order valence-electron chi connectivity index (χ3n) is 8.52. The van der Waals surface area contributed by atoms with Crippen molar-refractivity contribution < 1.29 is 19.4 Å². The van der Waals surface area contributed by atoms with Crippen molar-refractivity contribution in [3.05, 3.63) is 11.6 Å². The van der Waals surface area contributed by atoms with E-state index >= 15 is 0 Å². The number of allylic oxidation sites excluding steroid dienone is 1. The lowest BCUT2D eigenvalue weighted by molar-refractivity contribution is -0.185. The Labute approximate surface area is 150 Å². The van der Waals surface area contributed by atoms with E-state index < -0.39 is 22.2 Å². The minimum Gasteiger partial charge on any atom is -0.481 e. The number of carbonyl (C=O) groups is 2. The van der Waals surface area contributed by atoms with E-state index in [2.05, 4.69) is 26.8 Å². The number of carbonyl (C=O) groups excluding carboxylic acids is 1. The molecule has 3 unspecified atom stereocenters. The SMILES string of the molecule is COC[C@@]12CC3C(C)CCC3[C@@]3(C=O)C[C@@H]1C=C(C(C)C)[C@]23C(=O)O. The standard InChI is InChI=1S/C21H30O4/c1-12(2)17-7-14-8-19(10-22)16-6-5-13(3)15(16)9-20(14,11-25-4)21(17,19)18(23)24/h7,10,12-16H,5-6,8-9,11H2,1-4H3,(H,23,24)/t13?,14-,15?,16?,19-,20-,21+/m0/s1. The van der Waals surface area contributed by atoms with Crippen LogP contribution in [0.15, 0.2) is 11.6 Å². The lowest BCUT2D eigenvalue weighted by Crippen LogP contribution is -2.63. The highest BCUT2D eigenvalue weighted by Gasteiger charge is 2.84. The molecule has 4 bridgehead atoms. The van der Waals surface area contributed by atoms with Gasteiger partial charge in [0, 0.05) is 12.5 Å². The summed E-state index contributed by atoms with van der Waals surface area (Å²) in [6.07, 6.45) is 6.94. The average Bonchev–Trinajstić information content (AvgIpc) is 3.12. The maximum absolute atomic E-state index is 13.0. The van der Waals surface area contributed by atoms with Crippen LogP contribution in [0.1, 0.15) is 46.5 Å². The molecule has 4 aliphatic rings. The van der Waals surface area contributed by atoms with Gasteiger partial charge in [-0.3, -0.25) is 4.79 Å². The van der Waals surface area contributed by atoms with Gasteiger partial charge in [-0.1, -0.05) is 38.8 Å². The molecule has 0 aromatic carbocycles. The van der Waals surface area contributed by atoms with Crippen LogP contribution in [0.25, 0.3) is 0 Å². The Morgan fingerprint density at radius 2 is 2.12 bits per heavy atom. The Bertz CT molecular complexity index is 652. The number of hydrogen-bond acceptors (Lipinski definition) is 3. The highest BCUT2D eigenvalue weighted by atomic mass is 16.5. The summed E-state index contributed by atoms with van der Waals surface area (Å²) in [5.74, 6) is 0.684. The Morgan fingerprint density at radius 3 is 2.68 bits per heavy atom. The first-order chi connectivity index (χ1) is 11.8. The van der Waals surface area contributed by atoms with E-state index in [0.29, 0.717) is 24.9 Å². The molecule has 4 heteroatoms. The van der Waals surface area contributed by atoms with Crippen LogP contribution in [0, 0.1) is 45.8 Å². The number of fused-ring (bicyclic) bond motifs is 2. The van der Waals surface area contributed by atoms with Gasteiger partial charge in [-0.25, -0.2) is 0 Å². The predicted octanol–water partition coefficient (Wildman–Crippen LogP) is 3.56. The van der Waals surface area contributed by atoms with Gasteiger partial charge in [0.2, 0.25) is 0 Å². The first kappa shape index (κ1) is 17.3. The second kappa shape index (κ2) is 5.18. The van der Waals surface area contributed by atoms with E-state index in [1.165, 1.54) is 0 Å². The molecule has 4 aliphatic carbocycles. The lowest BCUT2D eigenvalue weighted by Gasteiger charge is -2.58. The average molecular weight is 346 g/mol. The first-order valence-electron chi connectivity index (χ1n) is 9.73. The summed E-state index contributed by atoms with van der Waals surface area (Å²) in [6, 6.07) is 0. The molecule has 25 heavy (non-hydrogen) atoms. The molecule has 138 valence electrons. The van der Waals surface area contributed by atoms with Crippen LogP contribution >= 0.6 is 0 Å². The summed E-state index contributed by atoms with van der Waals surface area (Å²) in [4.78, 5) is 25.6. The molecule has 0 aromatic heterocycles. The zero-order valence-electron chi connectivity index (χ0n) is 15.7. The normalized spacial score (nSPS) is 50.0. The lowest BCUT2D eigenvalue weighted by atomic mass is 9.43. The summed E-state index contributed by atoms with van der Waals surface area (Å²) < 4.78 is 5.65. The van der Waals surface area contributed by atoms with Gasteiger partial charge >= 0.3 is 5.97 Å². The van der Waals surface area contributed by atoms with Crippen LogP contribution in [0.4, 0.5) is 0 Å². The minimum absolute atomic E-state index is 0.132. The number of rotatable bonds is 5. The Kier molecular flexibility index (Phi) is 3.58. The van der Waals surface area contributed by atoms with Crippen LogP contribution in [0.5, 0.6) is 0 Å². The van der Waals surface area contributed by atoms with Gasteiger partial charge in [-0.05, 0) is 48.9 Å². The van der Waals surface area contributed by atoms with Gasteiger partial charge in [-0.2, -0.15) is 0 Å². The Morgan fingerprint density at radius 1 is 1.40 bits per heavy atom. The molecule has 0 amide bonds. The van der Waals surface area contributed by atoms with Gasteiger partial charge in [0.15, 0.2) is 0 Å². The highest BCUT2D eigenvalue weighted by molar-refractivity contribution is 5.90. The Balaban J connectivity index is 2.02. The number of aliphatic carboxylic acids is 1. The molecule has 0 aromatic rings. The molecule has 0 heterocycles. The predicted molar refractivity (Wildman–Crippen MR) is 93.9 cm³/mol. The maximum Gasteiger partial charge on any atom is 0.315 e. The number of methoxy groups -OCH3 is 1. The second-order valence-corrected chi connectivity index (χ2v) is 9.42. The van der Waals surface area contributed by atoms with Crippen LogP contribution in [-0.4, -0.2) is 31.1 Å². The van der Waals surface area contributed by atoms with E-state index in [4.69, 9.17) is 4.74 Å². The number of ether oxygens (including phenoxy) is 1. The smallest absolute Gasteiger partial charge is 0.315 e. The number of hydrogen-bond donors (Lipinski definition) is 1. The zero-order valence-corrected chi connectivity index (χ0v) is 15.7. The largest absolute Gasteiger partial charge is 0.481 e. The van der Waals surface area contributed by atoms with Crippen molar-refractivity contribution in [3.8, 4) is 0 Å². The summed E-state index contributed by atoms with van der Waals surface area (Å²) in [5.41, 5.74) is -1.32. The van der Waals surface area contributed by atoms with E-state index in [-0.39, 0.29) is 17.8 Å². The Hall–Kier alpha value is -1.16. The molecule has 0 saturated heterocycles. The molecular formula is C21H30O4.